The lowest BCUT2D eigenvalue weighted by Gasteiger charge is -2.19. The molecule has 0 heterocycles. The molecule has 0 amide bonds. The molecular weight excluding hydrogens is 421 g/mol. The molecule has 1 aromatic rings. The first-order chi connectivity index (χ1) is 13.4. The molecule has 0 fully saturated rings. The van der Waals surface area contributed by atoms with E-state index in [1.807, 2.05) is 19.9 Å². The van der Waals surface area contributed by atoms with Gasteiger partial charge in [0.05, 0.1) is 17.3 Å². The Bertz CT molecular complexity index is 667. The molecule has 0 bridgehead atoms. The topological polar surface area (TPSA) is 40.0 Å². The number of hydrogen-bond donors (Lipinski definition) is 0. The average Bonchev–Trinajstić information content (AvgIpc) is 2.64. The van der Waals surface area contributed by atoms with Gasteiger partial charge < -0.3 is 14.3 Å². The first-order valence-corrected chi connectivity index (χ1v) is 10.8. The smallest absolute Gasteiger partial charge is 0.139 e. The molecule has 4 nitrogen and oxygen atoms in total. The second-order valence-electron chi connectivity index (χ2n) is 6.45. The Kier molecular flexibility index (Phi) is 12.4. The Morgan fingerprint density at radius 3 is 2.36 bits per heavy atom. The predicted octanol–water partition coefficient (Wildman–Crippen LogP) is 7.12. The van der Waals surface area contributed by atoms with Crippen LogP contribution in [0.1, 0.15) is 58.1 Å². The van der Waals surface area contributed by atoms with E-state index in [0.29, 0.717) is 24.0 Å². The maximum atomic E-state index is 6.56. The predicted molar refractivity (Wildman–Crippen MR) is 120 cm³/mol. The largest absolute Gasteiger partial charge is 0.493 e. The number of oxime groups is 1. The molecule has 28 heavy (non-hydrogen) atoms. The minimum absolute atomic E-state index is 0.171. The number of benzene rings is 1. The molecule has 0 spiro atoms. The quantitative estimate of drug-likeness (QED) is 0.182. The molecule has 0 N–H and O–H groups in total. The van der Waals surface area contributed by atoms with Crippen molar-refractivity contribution in [2.45, 2.75) is 59.8 Å². The van der Waals surface area contributed by atoms with E-state index in [-0.39, 0.29) is 11.1 Å². The van der Waals surface area contributed by atoms with Gasteiger partial charge in [0.2, 0.25) is 0 Å². The van der Waals surface area contributed by atoms with Crippen LogP contribution < -0.4 is 9.47 Å². The van der Waals surface area contributed by atoms with Crippen LogP contribution >= 0.6 is 34.8 Å². The van der Waals surface area contributed by atoms with Crippen molar-refractivity contribution in [3.8, 4) is 11.5 Å². The van der Waals surface area contributed by atoms with Gasteiger partial charge in [-0.15, -0.1) is 0 Å². The fourth-order valence-electron chi connectivity index (χ4n) is 2.58. The van der Waals surface area contributed by atoms with Gasteiger partial charge in [-0.1, -0.05) is 53.8 Å². The first kappa shape index (κ1) is 24.9. The van der Waals surface area contributed by atoms with Crippen molar-refractivity contribution < 1.29 is 14.3 Å². The lowest BCUT2D eigenvalue weighted by molar-refractivity contribution is 0.138. The summed E-state index contributed by atoms with van der Waals surface area (Å²) in [6.07, 6.45) is 6.07. The summed E-state index contributed by atoms with van der Waals surface area (Å²) in [5.74, 6) is 1.49. The molecule has 0 aliphatic rings. The minimum atomic E-state index is 0.171. The summed E-state index contributed by atoms with van der Waals surface area (Å²) in [7, 11) is 0. The van der Waals surface area contributed by atoms with Crippen molar-refractivity contribution in [1.82, 2.24) is 0 Å². The summed E-state index contributed by atoms with van der Waals surface area (Å²) >= 11 is 17.8. The van der Waals surface area contributed by atoms with E-state index in [1.54, 1.807) is 6.08 Å². The number of aryl methyl sites for hydroxylation is 1. The second-order valence-corrected chi connectivity index (χ2v) is 7.83. The van der Waals surface area contributed by atoms with E-state index in [0.717, 1.165) is 54.7 Å². The van der Waals surface area contributed by atoms with Crippen molar-refractivity contribution in [3.63, 3.8) is 0 Å². The highest BCUT2D eigenvalue weighted by molar-refractivity contribution is 6.55. The van der Waals surface area contributed by atoms with E-state index < -0.39 is 0 Å². The Morgan fingerprint density at radius 1 is 1.04 bits per heavy atom. The zero-order chi connectivity index (χ0) is 20.9. The van der Waals surface area contributed by atoms with E-state index in [1.165, 1.54) is 0 Å². The molecule has 0 atom stereocenters. The number of unbranched alkanes of at least 4 members (excludes halogenated alkanes) is 2. The fraction of sp³-hybridized carbons (Fsp3) is 0.571. The van der Waals surface area contributed by atoms with Gasteiger partial charge in [-0.2, -0.15) is 0 Å². The first-order valence-electron chi connectivity index (χ1n) is 9.64. The molecule has 0 radical (unpaired) electrons. The molecule has 1 rings (SSSR count). The number of rotatable bonds is 13. The Morgan fingerprint density at radius 2 is 1.75 bits per heavy atom. The summed E-state index contributed by atoms with van der Waals surface area (Å²) in [4.78, 5) is 5.20. The molecule has 0 unspecified atom stereocenters. The number of hydrogen-bond acceptors (Lipinski definition) is 4. The fourth-order valence-corrected chi connectivity index (χ4v) is 3.04. The van der Waals surface area contributed by atoms with Crippen molar-refractivity contribution in [1.29, 1.82) is 0 Å². The van der Waals surface area contributed by atoms with Crippen LogP contribution in [-0.2, 0) is 17.7 Å². The van der Waals surface area contributed by atoms with Crippen LogP contribution in [0.15, 0.2) is 21.8 Å². The Balaban J connectivity index is 2.68. The highest BCUT2D eigenvalue weighted by Gasteiger charge is 2.17. The van der Waals surface area contributed by atoms with Crippen molar-refractivity contribution in [2.24, 2.45) is 5.16 Å². The van der Waals surface area contributed by atoms with E-state index in [9.17, 15) is 0 Å². The SMILES string of the molecule is CCc1cc(OCC=C(Cl)Cl)c(Cl)c(CC)c1OCCCCCON=C(C)C. The van der Waals surface area contributed by atoms with Gasteiger partial charge in [0.15, 0.2) is 0 Å². The third kappa shape index (κ3) is 8.93. The molecule has 0 aliphatic carbocycles. The van der Waals surface area contributed by atoms with Crippen molar-refractivity contribution >= 4 is 40.5 Å². The van der Waals surface area contributed by atoms with Gasteiger partial charge in [-0.25, -0.2) is 0 Å². The van der Waals surface area contributed by atoms with Crippen LogP contribution in [0.2, 0.25) is 5.02 Å². The summed E-state index contributed by atoms with van der Waals surface area (Å²) in [6, 6.07) is 1.94. The molecular formula is C21H30Cl3NO3. The molecule has 1 aromatic carbocycles. The Labute approximate surface area is 183 Å². The highest BCUT2D eigenvalue weighted by Crippen LogP contribution is 2.39. The lowest BCUT2D eigenvalue weighted by atomic mass is 10.0. The van der Waals surface area contributed by atoms with E-state index in [4.69, 9.17) is 49.1 Å². The van der Waals surface area contributed by atoms with Gasteiger partial charge >= 0.3 is 0 Å². The maximum absolute atomic E-state index is 6.56. The Hall–Kier alpha value is -1.10. The maximum Gasteiger partial charge on any atom is 0.139 e. The van der Waals surface area contributed by atoms with Crippen LogP contribution in [0.5, 0.6) is 11.5 Å². The van der Waals surface area contributed by atoms with Crippen LogP contribution in [0.25, 0.3) is 0 Å². The molecule has 0 saturated heterocycles. The highest BCUT2D eigenvalue weighted by atomic mass is 35.5. The summed E-state index contributed by atoms with van der Waals surface area (Å²) in [5.41, 5.74) is 2.97. The van der Waals surface area contributed by atoms with E-state index in [2.05, 4.69) is 19.0 Å². The lowest BCUT2D eigenvalue weighted by Crippen LogP contribution is -2.06. The summed E-state index contributed by atoms with van der Waals surface area (Å²) < 4.78 is 12.0. The molecule has 0 saturated carbocycles. The van der Waals surface area contributed by atoms with Gasteiger partial charge in [0.1, 0.15) is 29.2 Å². The zero-order valence-corrected chi connectivity index (χ0v) is 19.4. The average molecular weight is 451 g/mol. The molecule has 0 aromatic heterocycles. The van der Waals surface area contributed by atoms with Crippen molar-refractivity contribution in [2.75, 3.05) is 19.8 Å². The zero-order valence-electron chi connectivity index (χ0n) is 17.1. The van der Waals surface area contributed by atoms with Gasteiger partial charge in [0.25, 0.3) is 0 Å². The van der Waals surface area contributed by atoms with Crippen LogP contribution in [0.3, 0.4) is 0 Å². The molecule has 0 aliphatic heterocycles. The monoisotopic (exact) mass is 449 g/mol. The van der Waals surface area contributed by atoms with Crippen LogP contribution in [-0.4, -0.2) is 25.5 Å². The van der Waals surface area contributed by atoms with E-state index >= 15 is 0 Å². The number of halogens is 3. The molecule has 158 valence electrons. The van der Waals surface area contributed by atoms with Crippen LogP contribution in [0, 0.1) is 0 Å². The minimum Gasteiger partial charge on any atom is -0.493 e. The third-order valence-corrected chi connectivity index (χ3v) is 4.66. The summed E-state index contributed by atoms with van der Waals surface area (Å²) in [6.45, 7) is 9.49. The second kappa shape index (κ2) is 14.0. The van der Waals surface area contributed by atoms with Crippen LogP contribution in [0.4, 0.5) is 0 Å². The standard InChI is InChI=1S/C21H30Cl3NO3/c1-5-16-14-18(26-13-10-19(22)23)20(24)17(6-2)21(16)27-11-8-7-9-12-28-25-15(3)4/h10,14H,5-9,11-13H2,1-4H3. The number of ether oxygens (including phenoxy) is 2. The summed E-state index contributed by atoms with van der Waals surface area (Å²) in [5, 5.41) is 4.50. The van der Waals surface area contributed by atoms with Gasteiger partial charge in [-0.3, -0.25) is 0 Å². The number of nitrogens with zero attached hydrogens (tertiary/aromatic N) is 1. The molecule has 7 heteroatoms. The van der Waals surface area contributed by atoms with Crippen molar-refractivity contribution in [3.05, 3.63) is 32.8 Å². The van der Waals surface area contributed by atoms with Gasteiger partial charge in [0, 0.05) is 5.56 Å². The third-order valence-electron chi connectivity index (χ3n) is 3.94. The normalized spacial score (nSPS) is 10.4. The van der Waals surface area contributed by atoms with Gasteiger partial charge in [-0.05, 0) is 63.7 Å².